The van der Waals surface area contributed by atoms with Gasteiger partial charge < -0.3 is 5.11 Å². The summed E-state index contributed by atoms with van der Waals surface area (Å²) in [4.78, 5) is 37.9. The van der Waals surface area contributed by atoms with Crippen LogP contribution in [0.4, 0.5) is 10.5 Å². The summed E-state index contributed by atoms with van der Waals surface area (Å²) in [5.41, 5.74) is 0.952. The second-order valence-corrected chi connectivity index (χ2v) is 5.88. The number of para-hydroxylation sites is 1. The summed E-state index contributed by atoms with van der Waals surface area (Å²) < 4.78 is 0. The van der Waals surface area contributed by atoms with Gasteiger partial charge >= 0.3 is 6.03 Å². The first-order chi connectivity index (χ1) is 11.9. The minimum absolute atomic E-state index is 0.0852. The van der Waals surface area contributed by atoms with Crippen molar-refractivity contribution in [2.75, 3.05) is 4.90 Å². The summed E-state index contributed by atoms with van der Waals surface area (Å²) in [6, 6.07) is 10.2. The van der Waals surface area contributed by atoms with Gasteiger partial charge in [0.1, 0.15) is 11.3 Å². The molecule has 0 saturated carbocycles. The molecule has 0 bridgehead atoms. The topological polar surface area (TPSA) is 86.7 Å². The second-order valence-electron chi connectivity index (χ2n) is 5.45. The highest BCUT2D eigenvalue weighted by Crippen LogP contribution is 2.28. The number of carbonyl (C=O) groups is 3. The molecule has 126 valence electrons. The summed E-state index contributed by atoms with van der Waals surface area (Å²) >= 11 is 5.96. The van der Waals surface area contributed by atoms with Crippen LogP contribution >= 0.6 is 11.6 Å². The van der Waals surface area contributed by atoms with Crippen LogP contribution < -0.4 is 10.2 Å². The highest BCUT2D eigenvalue weighted by atomic mass is 35.5. The Morgan fingerprint density at radius 2 is 1.84 bits per heavy atom. The van der Waals surface area contributed by atoms with Crippen LogP contribution in [0.5, 0.6) is 5.75 Å². The largest absolute Gasteiger partial charge is 0.507 e. The van der Waals surface area contributed by atoms with Crippen molar-refractivity contribution in [1.29, 1.82) is 0 Å². The zero-order chi connectivity index (χ0) is 18.1. The van der Waals surface area contributed by atoms with Crippen molar-refractivity contribution in [3.63, 3.8) is 0 Å². The number of amides is 4. The number of aryl methyl sites for hydroxylation is 1. The molecule has 1 heterocycles. The van der Waals surface area contributed by atoms with E-state index in [1.165, 1.54) is 18.2 Å². The molecule has 0 atom stereocenters. The number of imide groups is 2. The first kappa shape index (κ1) is 16.7. The number of benzene rings is 2. The van der Waals surface area contributed by atoms with Crippen molar-refractivity contribution in [1.82, 2.24) is 5.32 Å². The maximum absolute atomic E-state index is 12.8. The van der Waals surface area contributed by atoms with Gasteiger partial charge in [0, 0.05) is 10.6 Å². The Hall–Kier alpha value is -3.12. The molecular weight excluding hydrogens is 344 g/mol. The third-order valence-corrected chi connectivity index (χ3v) is 3.99. The molecule has 1 saturated heterocycles. The van der Waals surface area contributed by atoms with Crippen molar-refractivity contribution >= 4 is 41.2 Å². The number of nitrogens with one attached hydrogen (secondary N) is 1. The van der Waals surface area contributed by atoms with Gasteiger partial charge in [-0.05, 0) is 36.8 Å². The van der Waals surface area contributed by atoms with E-state index < -0.39 is 17.8 Å². The van der Waals surface area contributed by atoms with E-state index in [2.05, 4.69) is 5.32 Å². The fourth-order valence-corrected chi connectivity index (χ4v) is 2.63. The summed E-state index contributed by atoms with van der Waals surface area (Å²) in [5, 5.41) is 12.3. The molecule has 1 fully saturated rings. The summed E-state index contributed by atoms with van der Waals surface area (Å²) in [7, 11) is 0. The van der Waals surface area contributed by atoms with Crippen LogP contribution in [-0.4, -0.2) is 23.0 Å². The number of carbonyl (C=O) groups excluding carboxylic acids is 3. The average Bonchev–Trinajstić information content (AvgIpc) is 2.56. The molecule has 0 radical (unpaired) electrons. The van der Waals surface area contributed by atoms with Crippen LogP contribution in [0.15, 0.2) is 48.0 Å². The molecule has 2 aromatic rings. The molecule has 25 heavy (non-hydrogen) atoms. The van der Waals surface area contributed by atoms with Gasteiger partial charge in [0.25, 0.3) is 11.8 Å². The van der Waals surface area contributed by atoms with Crippen molar-refractivity contribution in [2.45, 2.75) is 6.92 Å². The Bertz CT molecular complexity index is 936. The molecule has 7 heteroatoms. The van der Waals surface area contributed by atoms with Crippen molar-refractivity contribution in [2.24, 2.45) is 0 Å². The highest BCUT2D eigenvalue weighted by Gasteiger charge is 2.37. The van der Waals surface area contributed by atoms with Crippen LogP contribution in [0.1, 0.15) is 11.1 Å². The normalized spacial score (nSPS) is 16.3. The smallest absolute Gasteiger partial charge is 0.335 e. The van der Waals surface area contributed by atoms with Crippen molar-refractivity contribution in [3.8, 4) is 5.75 Å². The van der Waals surface area contributed by atoms with Crippen LogP contribution in [0.3, 0.4) is 0 Å². The van der Waals surface area contributed by atoms with E-state index in [0.29, 0.717) is 10.6 Å². The monoisotopic (exact) mass is 356 g/mol. The lowest BCUT2D eigenvalue weighted by Crippen LogP contribution is -2.54. The van der Waals surface area contributed by atoms with Crippen LogP contribution in [-0.2, 0) is 9.59 Å². The molecule has 6 nitrogen and oxygen atoms in total. The third kappa shape index (κ3) is 3.12. The van der Waals surface area contributed by atoms with Gasteiger partial charge in [0.05, 0.1) is 5.69 Å². The Labute approximate surface area is 148 Å². The molecule has 3 rings (SSSR count). The molecule has 0 unspecified atom stereocenters. The molecule has 0 aliphatic carbocycles. The number of halogens is 1. The fraction of sp³-hybridized carbons (Fsp3) is 0.0556. The van der Waals surface area contributed by atoms with Crippen LogP contribution in [0, 0.1) is 6.92 Å². The molecule has 1 aliphatic rings. The lowest BCUT2D eigenvalue weighted by Gasteiger charge is -2.27. The van der Waals surface area contributed by atoms with E-state index in [1.807, 2.05) is 0 Å². The van der Waals surface area contributed by atoms with Crippen LogP contribution in [0.2, 0.25) is 5.02 Å². The number of rotatable bonds is 2. The zero-order valence-corrected chi connectivity index (χ0v) is 13.9. The maximum atomic E-state index is 12.8. The Balaban J connectivity index is 2.09. The number of urea groups is 1. The summed E-state index contributed by atoms with van der Waals surface area (Å²) in [5.74, 6) is -1.70. The van der Waals surface area contributed by atoms with Gasteiger partial charge in [-0.25, -0.2) is 9.69 Å². The number of aromatic hydroxyl groups is 1. The van der Waals surface area contributed by atoms with E-state index in [0.717, 1.165) is 4.90 Å². The standard InChI is InChI=1S/C18H13ClN2O4/c1-10-6-7-12(19)9-14(10)21-17(24)13(16(23)20-18(21)25)8-11-4-2-3-5-15(11)22/h2-9,22H,1H3,(H,20,23,25)/b13-8+. The first-order valence-electron chi connectivity index (χ1n) is 7.34. The van der Waals surface area contributed by atoms with E-state index in [4.69, 9.17) is 11.6 Å². The molecule has 0 aromatic heterocycles. The minimum Gasteiger partial charge on any atom is -0.507 e. The van der Waals surface area contributed by atoms with Crippen molar-refractivity contribution < 1.29 is 19.5 Å². The van der Waals surface area contributed by atoms with Gasteiger partial charge in [0.2, 0.25) is 0 Å². The summed E-state index contributed by atoms with van der Waals surface area (Å²) in [6.45, 7) is 1.72. The SMILES string of the molecule is Cc1ccc(Cl)cc1N1C(=O)NC(=O)/C(=C\c2ccccc2O)C1=O. The average molecular weight is 357 g/mol. The van der Waals surface area contributed by atoms with E-state index in [9.17, 15) is 19.5 Å². The quantitative estimate of drug-likeness (QED) is 0.639. The van der Waals surface area contributed by atoms with Gasteiger partial charge in [-0.1, -0.05) is 35.9 Å². The summed E-state index contributed by atoms with van der Waals surface area (Å²) in [6.07, 6.45) is 1.24. The first-order valence-corrected chi connectivity index (χ1v) is 7.72. The van der Waals surface area contributed by atoms with E-state index in [1.54, 1.807) is 37.3 Å². The Morgan fingerprint density at radius 3 is 2.56 bits per heavy atom. The lowest BCUT2D eigenvalue weighted by molar-refractivity contribution is -0.122. The lowest BCUT2D eigenvalue weighted by atomic mass is 10.1. The second kappa shape index (κ2) is 6.41. The van der Waals surface area contributed by atoms with Crippen LogP contribution in [0.25, 0.3) is 6.08 Å². The minimum atomic E-state index is -0.852. The fourth-order valence-electron chi connectivity index (χ4n) is 2.46. The predicted octanol–water partition coefficient (Wildman–Crippen LogP) is 3.02. The highest BCUT2D eigenvalue weighted by molar-refractivity contribution is 6.39. The van der Waals surface area contributed by atoms with Gasteiger partial charge in [-0.3, -0.25) is 14.9 Å². The molecule has 1 aliphatic heterocycles. The Kier molecular flexibility index (Phi) is 4.29. The molecule has 2 aromatic carbocycles. The number of anilines is 1. The zero-order valence-electron chi connectivity index (χ0n) is 13.1. The van der Waals surface area contributed by atoms with E-state index >= 15 is 0 Å². The maximum Gasteiger partial charge on any atom is 0.335 e. The molecule has 0 spiro atoms. The third-order valence-electron chi connectivity index (χ3n) is 3.75. The van der Waals surface area contributed by atoms with Gasteiger partial charge in [0.15, 0.2) is 0 Å². The number of phenolic OH excluding ortho intramolecular Hbond substituents is 1. The number of phenols is 1. The van der Waals surface area contributed by atoms with Gasteiger partial charge in [-0.2, -0.15) is 0 Å². The molecular formula is C18H13ClN2O4. The number of nitrogens with zero attached hydrogens (tertiary/aromatic N) is 1. The Morgan fingerprint density at radius 1 is 1.12 bits per heavy atom. The number of hydrogen-bond donors (Lipinski definition) is 2. The predicted molar refractivity (Wildman–Crippen MR) is 93.3 cm³/mol. The van der Waals surface area contributed by atoms with E-state index in [-0.39, 0.29) is 22.6 Å². The van der Waals surface area contributed by atoms with Crippen molar-refractivity contribution in [3.05, 3.63) is 64.2 Å². The number of barbiturate groups is 1. The molecule has 4 amide bonds. The number of hydrogen-bond acceptors (Lipinski definition) is 4. The van der Waals surface area contributed by atoms with Gasteiger partial charge in [-0.15, -0.1) is 0 Å². The molecule has 2 N–H and O–H groups in total.